The number of benzene rings is 1. The van der Waals surface area contributed by atoms with Gasteiger partial charge in [0.2, 0.25) is 0 Å². The molecule has 0 saturated carbocycles. The summed E-state index contributed by atoms with van der Waals surface area (Å²) >= 11 is 0. The molecule has 1 saturated heterocycles. The molecule has 2 aromatic heterocycles. The highest BCUT2D eigenvalue weighted by Gasteiger charge is 2.25. The highest BCUT2D eigenvalue weighted by atomic mass is 16.5. The molecule has 0 bridgehead atoms. The van der Waals surface area contributed by atoms with Crippen LogP contribution in [0.4, 0.5) is 5.82 Å². The lowest BCUT2D eigenvalue weighted by Gasteiger charge is -2.29. The predicted molar refractivity (Wildman–Crippen MR) is 117 cm³/mol. The number of rotatable bonds is 6. The van der Waals surface area contributed by atoms with E-state index in [1.165, 1.54) is 14.2 Å². The summed E-state index contributed by atoms with van der Waals surface area (Å²) in [5, 5.41) is 0. The van der Waals surface area contributed by atoms with E-state index in [1.54, 1.807) is 13.2 Å². The van der Waals surface area contributed by atoms with Crippen molar-refractivity contribution in [2.75, 3.05) is 52.5 Å². The molecule has 0 radical (unpaired) electrons. The molecule has 9 heteroatoms. The minimum atomic E-state index is -0.525. The summed E-state index contributed by atoms with van der Waals surface area (Å²) in [6, 6.07) is 9.29. The van der Waals surface area contributed by atoms with Crippen LogP contribution >= 0.6 is 0 Å². The molecule has 168 valence electrons. The first kappa shape index (κ1) is 21.6. The van der Waals surface area contributed by atoms with Gasteiger partial charge < -0.3 is 28.2 Å². The van der Waals surface area contributed by atoms with Crippen LogP contribution in [0.3, 0.4) is 0 Å². The number of anilines is 1. The highest BCUT2D eigenvalue weighted by molar-refractivity contribution is 5.96. The third-order valence-electron chi connectivity index (χ3n) is 5.47. The van der Waals surface area contributed by atoms with Gasteiger partial charge in [-0.25, -0.2) is 9.78 Å². The van der Waals surface area contributed by atoms with E-state index in [1.807, 2.05) is 34.9 Å². The Bertz CT molecular complexity index is 1150. The minimum absolute atomic E-state index is 0.0841. The number of ether oxygens (including phenoxy) is 4. The van der Waals surface area contributed by atoms with Crippen molar-refractivity contribution in [3.63, 3.8) is 0 Å². The van der Waals surface area contributed by atoms with E-state index in [0.717, 1.165) is 5.56 Å². The van der Waals surface area contributed by atoms with Crippen LogP contribution in [0.2, 0.25) is 0 Å². The van der Waals surface area contributed by atoms with E-state index in [-0.39, 0.29) is 6.42 Å². The number of carbonyl (C=O) groups excluding carboxylic acids is 2. The first-order valence-corrected chi connectivity index (χ1v) is 10.2. The third kappa shape index (κ3) is 4.11. The summed E-state index contributed by atoms with van der Waals surface area (Å²) in [6.07, 6.45) is 1.73. The third-order valence-corrected chi connectivity index (χ3v) is 5.47. The van der Waals surface area contributed by atoms with Crippen LogP contribution in [-0.2, 0) is 25.4 Å². The molecule has 0 atom stereocenters. The Balaban J connectivity index is 1.97. The van der Waals surface area contributed by atoms with E-state index >= 15 is 0 Å². The number of methoxy groups -OCH3 is 3. The van der Waals surface area contributed by atoms with E-state index < -0.39 is 11.9 Å². The number of hydrogen-bond acceptors (Lipinski definition) is 8. The van der Waals surface area contributed by atoms with Crippen molar-refractivity contribution in [2.24, 2.45) is 0 Å². The molecule has 1 aromatic carbocycles. The molecule has 9 nitrogen and oxygen atoms in total. The first-order chi connectivity index (χ1) is 15.5. The molecule has 4 rings (SSSR count). The lowest BCUT2D eigenvalue weighted by Crippen LogP contribution is -2.37. The van der Waals surface area contributed by atoms with Gasteiger partial charge in [-0.2, -0.15) is 0 Å². The van der Waals surface area contributed by atoms with Crippen molar-refractivity contribution in [3.05, 3.63) is 47.8 Å². The molecular formula is C23H25N3O6. The minimum Gasteiger partial charge on any atom is -0.497 e. The van der Waals surface area contributed by atoms with Gasteiger partial charge in [-0.15, -0.1) is 0 Å². The monoisotopic (exact) mass is 439 g/mol. The number of carbonyl (C=O) groups is 2. The lowest BCUT2D eigenvalue weighted by atomic mass is 10.1. The van der Waals surface area contributed by atoms with E-state index in [0.29, 0.717) is 60.3 Å². The second-order valence-electron chi connectivity index (χ2n) is 7.29. The number of esters is 2. The van der Waals surface area contributed by atoms with Crippen LogP contribution < -0.4 is 9.64 Å². The average Bonchev–Trinajstić information content (AvgIpc) is 3.21. The van der Waals surface area contributed by atoms with E-state index in [9.17, 15) is 9.59 Å². The maximum atomic E-state index is 12.5. The Hall–Kier alpha value is -3.59. The normalized spacial score (nSPS) is 13.8. The van der Waals surface area contributed by atoms with Gasteiger partial charge in [-0.1, -0.05) is 12.1 Å². The van der Waals surface area contributed by atoms with Gasteiger partial charge in [0.1, 0.15) is 5.75 Å². The Morgan fingerprint density at radius 3 is 2.56 bits per heavy atom. The van der Waals surface area contributed by atoms with Gasteiger partial charge in [-0.05, 0) is 18.2 Å². The largest absolute Gasteiger partial charge is 0.497 e. The Morgan fingerprint density at radius 1 is 1.09 bits per heavy atom. The Labute approximate surface area is 185 Å². The smallest absolute Gasteiger partial charge is 0.339 e. The van der Waals surface area contributed by atoms with Crippen molar-refractivity contribution in [2.45, 2.75) is 6.42 Å². The Morgan fingerprint density at radius 2 is 1.88 bits per heavy atom. The topological polar surface area (TPSA) is 91.6 Å². The van der Waals surface area contributed by atoms with Crippen LogP contribution in [0.15, 0.2) is 36.5 Å². The van der Waals surface area contributed by atoms with Gasteiger partial charge in [0.15, 0.2) is 5.82 Å². The van der Waals surface area contributed by atoms with Gasteiger partial charge in [-0.3, -0.25) is 4.79 Å². The fourth-order valence-electron chi connectivity index (χ4n) is 3.81. The summed E-state index contributed by atoms with van der Waals surface area (Å²) in [6.45, 7) is 2.48. The fraction of sp³-hybridized carbons (Fsp3) is 0.348. The van der Waals surface area contributed by atoms with Gasteiger partial charge in [0.25, 0.3) is 0 Å². The molecule has 0 aliphatic carbocycles. The SMILES string of the molecule is COC(=O)Cc1c(C(=O)OC)cc2c(N3CCOCC3)nc(-c3cccc(OC)c3)cn12. The van der Waals surface area contributed by atoms with Crippen LogP contribution in [0.25, 0.3) is 16.8 Å². The molecular weight excluding hydrogens is 414 g/mol. The number of aromatic nitrogens is 2. The van der Waals surface area contributed by atoms with Gasteiger partial charge in [0.05, 0.1) is 57.7 Å². The summed E-state index contributed by atoms with van der Waals surface area (Å²) < 4.78 is 22.5. The van der Waals surface area contributed by atoms with Crippen LogP contribution in [0, 0.1) is 0 Å². The number of hydrogen-bond donors (Lipinski definition) is 0. The van der Waals surface area contributed by atoms with Crippen molar-refractivity contribution in [1.29, 1.82) is 0 Å². The molecule has 1 fully saturated rings. The van der Waals surface area contributed by atoms with E-state index in [4.69, 9.17) is 23.9 Å². The highest BCUT2D eigenvalue weighted by Crippen LogP contribution is 2.31. The molecule has 0 N–H and O–H groups in total. The zero-order chi connectivity index (χ0) is 22.7. The van der Waals surface area contributed by atoms with Crippen LogP contribution in [0.1, 0.15) is 16.1 Å². The second kappa shape index (κ2) is 9.27. The summed E-state index contributed by atoms with van der Waals surface area (Å²) in [4.78, 5) is 31.8. The Kier molecular flexibility index (Phi) is 6.27. The predicted octanol–water partition coefficient (Wildman–Crippen LogP) is 2.35. The summed E-state index contributed by atoms with van der Waals surface area (Å²) in [5.41, 5.74) is 3.02. The van der Waals surface area contributed by atoms with Crippen LogP contribution in [0.5, 0.6) is 5.75 Å². The molecule has 3 aromatic rings. The van der Waals surface area contributed by atoms with Crippen molar-refractivity contribution < 1.29 is 28.5 Å². The number of fused-ring (bicyclic) bond motifs is 1. The molecule has 0 amide bonds. The molecule has 1 aliphatic rings. The van der Waals surface area contributed by atoms with Gasteiger partial charge in [0, 0.05) is 30.5 Å². The maximum Gasteiger partial charge on any atom is 0.339 e. The van der Waals surface area contributed by atoms with Gasteiger partial charge >= 0.3 is 11.9 Å². The first-order valence-electron chi connectivity index (χ1n) is 10.2. The fourth-order valence-corrected chi connectivity index (χ4v) is 3.81. The molecule has 1 aliphatic heterocycles. The van der Waals surface area contributed by atoms with Crippen LogP contribution in [-0.4, -0.2) is 69.0 Å². The standard InChI is InChI=1S/C23H25N3O6/c1-29-16-6-4-5-15(11-16)18-14-26-19(13-21(27)30-2)17(23(28)31-3)12-20(26)22(24-18)25-7-9-32-10-8-25/h4-6,11-12,14H,7-10,13H2,1-3H3. The summed E-state index contributed by atoms with van der Waals surface area (Å²) in [5.74, 6) is 0.427. The van der Waals surface area contributed by atoms with Crippen molar-refractivity contribution in [3.8, 4) is 17.0 Å². The molecule has 0 unspecified atom stereocenters. The number of nitrogens with zero attached hydrogens (tertiary/aromatic N) is 3. The zero-order valence-electron chi connectivity index (χ0n) is 18.3. The molecule has 32 heavy (non-hydrogen) atoms. The quantitative estimate of drug-likeness (QED) is 0.541. The average molecular weight is 439 g/mol. The summed E-state index contributed by atoms with van der Waals surface area (Å²) in [7, 11) is 4.24. The van der Waals surface area contributed by atoms with Crippen molar-refractivity contribution in [1.82, 2.24) is 9.38 Å². The second-order valence-corrected chi connectivity index (χ2v) is 7.29. The van der Waals surface area contributed by atoms with Crippen molar-refractivity contribution >= 4 is 23.3 Å². The zero-order valence-corrected chi connectivity index (χ0v) is 18.3. The number of morpholine rings is 1. The lowest BCUT2D eigenvalue weighted by molar-refractivity contribution is -0.139. The molecule has 0 spiro atoms. The van der Waals surface area contributed by atoms with E-state index in [2.05, 4.69) is 4.90 Å². The maximum absolute atomic E-state index is 12.5. The molecule has 3 heterocycles.